The van der Waals surface area contributed by atoms with Gasteiger partial charge in [-0.15, -0.1) is 0 Å². The molecule has 2 aromatic rings. The van der Waals surface area contributed by atoms with Gasteiger partial charge in [0, 0.05) is 31.2 Å². The Morgan fingerprint density at radius 1 is 1.36 bits per heavy atom. The SMILES string of the molecule is Cc1cc(N)nc(C[C@@H]2CNC[C@@H]2OCC(=O)NCCc2cccc(F)c2)c1. The van der Waals surface area contributed by atoms with E-state index in [0.29, 0.717) is 25.3 Å². The second kappa shape index (κ2) is 9.61. The van der Waals surface area contributed by atoms with Gasteiger partial charge in [0.1, 0.15) is 18.2 Å². The van der Waals surface area contributed by atoms with E-state index in [0.717, 1.165) is 29.8 Å². The molecular formula is C21H27FN4O2. The summed E-state index contributed by atoms with van der Waals surface area (Å²) in [6.45, 7) is 3.99. The van der Waals surface area contributed by atoms with Crippen molar-refractivity contribution in [1.82, 2.24) is 15.6 Å². The van der Waals surface area contributed by atoms with Gasteiger partial charge in [-0.2, -0.15) is 0 Å². The first-order chi connectivity index (χ1) is 13.5. The Morgan fingerprint density at radius 2 is 2.21 bits per heavy atom. The first-order valence-electron chi connectivity index (χ1n) is 9.56. The Bertz CT molecular complexity index is 794. The van der Waals surface area contributed by atoms with Crippen LogP contribution in [0.3, 0.4) is 0 Å². The predicted octanol–water partition coefficient (Wildman–Crippen LogP) is 1.62. The van der Waals surface area contributed by atoms with Crippen molar-refractivity contribution in [3.63, 3.8) is 0 Å². The lowest BCUT2D eigenvalue weighted by molar-refractivity contribution is -0.128. The number of anilines is 1. The van der Waals surface area contributed by atoms with Crippen LogP contribution in [0.15, 0.2) is 36.4 Å². The van der Waals surface area contributed by atoms with Gasteiger partial charge in [-0.3, -0.25) is 4.79 Å². The average molecular weight is 386 g/mol. The average Bonchev–Trinajstić information content (AvgIpc) is 3.06. The molecule has 0 aliphatic carbocycles. The van der Waals surface area contributed by atoms with Crippen molar-refractivity contribution >= 4 is 11.7 Å². The largest absolute Gasteiger partial charge is 0.384 e. The van der Waals surface area contributed by atoms with Crippen LogP contribution < -0.4 is 16.4 Å². The van der Waals surface area contributed by atoms with Crippen molar-refractivity contribution in [3.05, 3.63) is 59.0 Å². The molecule has 1 aliphatic heterocycles. The molecule has 2 atom stereocenters. The number of ether oxygens (including phenoxy) is 1. The summed E-state index contributed by atoms with van der Waals surface area (Å²) >= 11 is 0. The Hall–Kier alpha value is -2.51. The molecule has 0 spiro atoms. The van der Waals surface area contributed by atoms with Crippen molar-refractivity contribution in [2.45, 2.75) is 25.9 Å². The number of nitrogens with two attached hydrogens (primary N) is 1. The molecule has 1 aromatic carbocycles. The molecule has 1 aliphatic rings. The zero-order valence-corrected chi connectivity index (χ0v) is 16.1. The maximum absolute atomic E-state index is 13.2. The van der Waals surface area contributed by atoms with Crippen LogP contribution in [0.2, 0.25) is 0 Å². The molecule has 1 fully saturated rings. The van der Waals surface area contributed by atoms with Crippen LogP contribution in [0.1, 0.15) is 16.8 Å². The number of hydrogen-bond acceptors (Lipinski definition) is 5. The van der Waals surface area contributed by atoms with Crippen LogP contribution in [0.5, 0.6) is 0 Å². The maximum atomic E-state index is 13.2. The number of benzene rings is 1. The van der Waals surface area contributed by atoms with Crippen LogP contribution in [-0.4, -0.2) is 43.2 Å². The lowest BCUT2D eigenvalue weighted by atomic mass is 9.99. The number of hydrogen-bond donors (Lipinski definition) is 3. The number of nitrogens with one attached hydrogen (secondary N) is 2. The molecule has 2 heterocycles. The van der Waals surface area contributed by atoms with Gasteiger partial charge in [-0.05, 0) is 55.2 Å². The quantitative estimate of drug-likeness (QED) is 0.642. The number of pyridine rings is 1. The second-order valence-electron chi connectivity index (χ2n) is 7.26. The van der Waals surface area contributed by atoms with E-state index in [2.05, 4.69) is 15.6 Å². The molecule has 28 heavy (non-hydrogen) atoms. The molecule has 150 valence electrons. The fraction of sp³-hybridized carbons (Fsp3) is 0.429. The summed E-state index contributed by atoms with van der Waals surface area (Å²) in [7, 11) is 0. The van der Waals surface area contributed by atoms with Crippen LogP contribution in [-0.2, 0) is 22.4 Å². The molecular weight excluding hydrogens is 359 g/mol. The van der Waals surface area contributed by atoms with Crippen molar-refractivity contribution < 1.29 is 13.9 Å². The molecule has 1 aromatic heterocycles. The molecule has 6 nitrogen and oxygen atoms in total. The van der Waals surface area contributed by atoms with Gasteiger partial charge in [-0.1, -0.05) is 12.1 Å². The minimum Gasteiger partial charge on any atom is -0.384 e. The summed E-state index contributed by atoms with van der Waals surface area (Å²) in [6.07, 6.45) is 1.29. The van der Waals surface area contributed by atoms with E-state index < -0.39 is 0 Å². The summed E-state index contributed by atoms with van der Waals surface area (Å²) < 4.78 is 19.0. The van der Waals surface area contributed by atoms with Gasteiger partial charge < -0.3 is 21.1 Å². The lowest BCUT2D eigenvalue weighted by Gasteiger charge is -2.19. The van der Waals surface area contributed by atoms with Gasteiger partial charge in [0.2, 0.25) is 5.91 Å². The molecule has 3 rings (SSSR count). The number of carbonyl (C=O) groups excluding carboxylic acids is 1. The third kappa shape index (κ3) is 6.00. The number of nitrogens with zero attached hydrogens (tertiary/aromatic N) is 1. The van der Waals surface area contributed by atoms with E-state index >= 15 is 0 Å². The highest BCUT2D eigenvalue weighted by atomic mass is 19.1. The minimum atomic E-state index is -0.267. The van der Waals surface area contributed by atoms with Crippen LogP contribution in [0.4, 0.5) is 10.2 Å². The van der Waals surface area contributed by atoms with E-state index in [1.807, 2.05) is 25.1 Å². The number of amides is 1. The summed E-state index contributed by atoms with van der Waals surface area (Å²) in [5, 5.41) is 6.13. The monoisotopic (exact) mass is 386 g/mol. The van der Waals surface area contributed by atoms with Gasteiger partial charge in [0.05, 0.1) is 6.10 Å². The van der Waals surface area contributed by atoms with Crippen LogP contribution >= 0.6 is 0 Å². The van der Waals surface area contributed by atoms with E-state index in [-0.39, 0.29) is 30.4 Å². The van der Waals surface area contributed by atoms with E-state index in [1.165, 1.54) is 12.1 Å². The smallest absolute Gasteiger partial charge is 0.246 e. The third-order valence-corrected chi connectivity index (χ3v) is 4.85. The number of aromatic nitrogens is 1. The highest BCUT2D eigenvalue weighted by molar-refractivity contribution is 5.77. The number of aryl methyl sites for hydroxylation is 1. The normalized spacial score (nSPS) is 18.9. The van der Waals surface area contributed by atoms with Gasteiger partial charge in [0.15, 0.2) is 0 Å². The molecule has 1 saturated heterocycles. The number of rotatable bonds is 8. The highest BCUT2D eigenvalue weighted by Crippen LogP contribution is 2.19. The Morgan fingerprint density at radius 3 is 3.00 bits per heavy atom. The van der Waals surface area contributed by atoms with E-state index in [9.17, 15) is 9.18 Å². The van der Waals surface area contributed by atoms with Crippen LogP contribution in [0.25, 0.3) is 0 Å². The zero-order chi connectivity index (χ0) is 19.9. The molecule has 0 bridgehead atoms. The second-order valence-corrected chi connectivity index (χ2v) is 7.26. The summed E-state index contributed by atoms with van der Waals surface area (Å²) in [4.78, 5) is 16.4. The first kappa shape index (κ1) is 20.2. The molecule has 0 saturated carbocycles. The van der Waals surface area contributed by atoms with Gasteiger partial charge in [0.25, 0.3) is 0 Å². The standard InChI is InChI=1S/C21H27FN4O2/c1-14-7-18(26-20(23)8-14)10-16-11-24-12-19(16)28-13-21(27)25-6-5-15-3-2-4-17(22)9-15/h2-4,7-9,16,19,24H,5-6,10-13H2,1H3,(H2,23,26)(H,25,27)/t16-,19+/m1/s1. The highest BCUT2D eigenvalue weighted by Gasteiger charge is 2.29. The number of nitrogen functional groups attached to an aromatic ring is 1. The minimum absolute atomic E-state index is 0.00931. The number of carbonyl (C=O) groups is 1. The zero-order valence-electron chi connectivity index (χ0n) is 16.1. The van der Waals surface area contributed by atoms with Gasteiger partial charge in [-0.25, -0.2) is 9.37 Å². The summed E-state index contributed by atoms with van der Waals surface area (Å²) in [5.41, 5.74) is 8.72. The molecule has 4 N–H and O–H groups in total. The molecule has 7 heteroatoms. The molecule has 0 radical (unpaired) electrons. The fourth-order valence-corrected chi connectivity index (χ4v) is 3.52. The molecule has 1 amide bonds. The predicted molar refractivity (Wildman–Crippen MR) is 106 cm³/mol. The summed E-state index contributed by atoms with van der Waals surface area (Å²) in [5.74, 6) is 0.335. The fourth-order valence-electron chi connectivity index (χ4n) is 3.52. The van der Waals surface area contributed by atoms with Crippen molar-refractivity contribution in [3.8, 4) is 0 Å². The Labute approximate surface area is 164 Å². The number of halogens is 1. The molecule has 0 unspecified atom stereocenters. The van der Waals surface area contributed by atoms with Crippen molar-refractivity contribution in [2.75, 3.05) is 32.0 Å². The summed E-state index contributed by atoms with van der Waals surface area (Å²) in [6, 6.07) is 10.3. The Balaban J connectivity index is 1.42. The van der Waals surface area contributed by atoms with Crippen LogP contribution in [0, 0.1) is 18.7 Å². The first-order valence-corrected chi connectivity index (χ1v) is 9.56. The van der Waals surface area contributed by atoms with E-state index in [4.69, 9.17) is 10.5 Å². The topological polar surface area (TPSA) is 89.3 Å². The van der Waals surface area contributed by atoms with Crippen molar-refractivity contribution in [2.24, 2.45) is 5.92 Å². The van der Waals surface area contributed by atoms with Crippen molar-refractivity contribution in [1.29, 1.82) is 0 Å². The van der Waals surface area contributed by atoms with Gasteiger partial charge >= 0.3 is 0 Å². The van der Waals surface area contributed by atoms with E-state index in [1.54, 1.807) is 6.07 Å². The Kier molecular flexibility index (Phi) is 6.95. The third-order valence-electron chi connectivity index (χ3n) is 4.85. The lowest BCUT2D eigenvalue weighted by Crippen LogP contribution is -2.34. The maximum Gasteiger partial charge on any atom is 0.246 e.